The first kappa shape index (κ1) is 25.4. The van der Waals surface area contributed by atoms with E-state index in [1.165, 1.54) is 14.2 Å². The fourth-order valence-corrected chi connectivity index (χ4v) is 4.35. The first-order chi connectivity index (χ1) is 16.4. The summed E-state index contributed by atoms with van der Waals surface area (Å²) in [6, 6.07) is 4.05. The van der Waals surface area contributed by atoms with E-state index in [2.05, 4.69) is 15.5 Å². The molecule has 2 heterocycles. The number of carbonyl (C=O) groups is 3. The number of piperidine rings is 1. The average molecular weight is 476 g/mol. The predicted molar refractivity (Wildman–Crippen MR) is 123 cm³/mol. The second-order valence-electron chi connectivity index (χ2n) is 8.08. The molecule has 0 aromatic heterocycles. The Morgan fingerprint density at radius 3 is 2.50 bits per heavy atom. The normalized spacial score (nSPS) is 20.8. The standard InChI is InChI=1S/C24H33N3O7/c1-5-33-22(28)16-8-7-11-27(13-16)14-17-20(23(29)34-6-2)21(26-24(30)25-17)15-9-10-18(31-3)19(12-15)32-4/h9-10,12,16,21H,5-8,11,13-14H2,1-4H3,(H2,25,26,30). The van der Waals surface area contributed by atoms with E-state index in [1.54, 1.807) is 32.0 Å². The molecule has 1 aromatic rings. The molecule has 0 radical (unpaired) electrons. The number of benzene rings is 1. The lowest BCUT2D eigenvalue weighted by atomic mass is 9.93. The number of methoxy groups -OCH3 is 2. The summed E-state index contributed by atoms with van der Waals surface area (Å²) >= 11 is 0. The summed E-state index contributed by atoms with van der Waals surface area (Å²) in [7, 11) is 3.06. The van der Waals surface area contributed by atoms with Crippen LogP contribution < -0.4 is 20.1 Å². The molecule has 2 atom stereocenters. The molecule has 2 unspecified atom stereocenters. The third-order valence-corrected chi connectivity index (χ3v) is 5.90. The molecule has 3 rings (SSSR count). The number of hydrogen-bond donors (Lipinski definition) is 2. The summed E-state index contributed by atoms with van der Waals surface area (Å²) in [4.78, 5) is 40.0. The minimum absolute atomic E-state index is 0.191. The topological polar surface area (TPSA) is 115 Å². The van der Waals surface area contributed by atoms with Crippen LogP contribution in [0.25, 0.3) is 0 Å². The quantitative estimate of drug-likeness (QED) is 0.522. The van der Waals surface area contributed by atoms with Crippen molar-refractivity contribution in [2.45, 2.75) is 32.7 Å². The Balaban J connectivity index is 1.95. The average Bonchev–Trinajstić information content (AvgIpc) is 2.83. The number of esters is 2. The lowest BCUT2D eigenvalue weighted by Crippen LogP contribution is -2.50. The van der Waals surface area contributed by atoms with Gasteiger partial charge in [0.15, 0.2) is 11.5 Å². The number of ether oxygens (including phenoxy) is 4. The van der Waals surface area contributed by atoms with Gasteiger partial charge in [0, 0.05) is 18.8 Å². The molecule has 1 fully saturated rings. The van der Waals surface area contributed by atoms with Crippen LogP contribution in [0.3, 0.4) is 0 Å². The third kappa shape index (κ3) is 5.80. The third-order valence-electron chi connectivity index (χ3n) is 5.90. The Morgan fingerprint density at radius 1 is 1.09 bits per heavy atom. The molecule has 1 aromatic carbocycles. The van der Waals surface area contributed by atoms with Crippen LogP contribution >= 0.6 is 0 Å². The van der Waals surface area contributed by atoms with Gasteiger partial charge in [0.05, 0.1) is 45.0 Å². The Kier molecular flexibility index (Phi) is 8.75. The number of carbonyl (C=O) groups excluding carboxylic acids is 3. The molecule has 0 saturated carbocycles. The largest absolute Gasteiger partial charge is 0.493 e. The van der Waals surface area contributed by atoms with Crippen LogP contribution in [-0.4, -0.2) is 69.9 Å². The highest BCUT2D eigenvalue weighted by Gasteiger charge is 2.36. The van der Waals surface area contributed by atoms with Gasteiger partial charge in [0.2, 0.25) is 0 Å². The van der Waals surface area contributed by atoms with Gasteiger partial charge in [-0.25, -0.2) is 9.59 Å². The van der Waals surface area contributed by atoms with E-state index >= 15 is 0 Å². The van der Waals surface area contributed by atoms with Gasteiger partial charge in [-0.2, -0.15) is 0 Å². The Labute approximate surface area is 199 Å². The molecule has 10 nitrogen and oxygen atoms in total. The van der Waals surface area contributed by atoms with Crippen molar-refractivity contribution >= 4 is 18.0 Å². The van der Waals surface area contributed by atoms with Crippen molar-refractivity contribution < 1.29 is 33.3 Å². The number of hydrogen-bond acceptors (Lipinski definition) is 8. The number of nitrogens with zero attached hydrogens (tertiary/aromatic N) is 1. The minimum Gasteiger partial charge on any atom is -0.493 e. The molecule has 0 spiro atoms. The number of urea groups is 1. The van der Waals surface area contributed by atoms with Gasteiger partial charge in [-0.1, -0.05) is 6.07 Å². The fraction of sp³-hybridized carbons (Fsp3) is 0.542. The molecule has 2 aliphatic rings. The number of likely N-dealkylation sites (tertiary alicyclic amines) is 1. The second-order valence-corrected chi connectivity index (χ2v) is 8.08. The van der Waals surface area contributed by atoms with Crippen LogP contribution in [0.15, 0.2) is 29.5 Å². The van der Waals surface area contributed by atoms with E-state index in [0.717, 1.165) is 19.4 Å². The van der Waals surface area contributed by atoms with E-state index in [1.807, 2.05) is 0 Å². The fourth-order valence-electron chi connectivity index (χ4n) is 4.35. The molecule has 0 bridgehead atoms. The lowest BCUT2D eigenvalue weighted by molar-refractivity contribution is -0.150. The van der Waals surface area contributed by atoms with Gasteiger partial charge in [-0.15, -0.1) is 0 Å². The monoisotopic (exact) mass is 475 g/mol. The summed E-state index contributed by atoms with van der Waals surface area (Å²) in [6.07, 6.45) is 1.57. The summed E-state index contributed by atoms with van der Waals surface area (Å²) < 4.78 is 21.2. The van der Waals surface area contributed by atoms with Gasteiger partial charge >= 0.3 is 18.0 Å². The van der Waals surface area contributed by atoms with Crippen LogP contribution in [0.4, 0.5) is 4.79 Å². The maximum Gasteiger partial charge on any atom is 0.338 e. The van der Waals surface area contributed by atoms with Crippen molar-refractivity contribution in [1.29, 1.82) is 0 Å². The van der Waals surface area contributed by atoms with Gasteiger partial charge in [-0.05, 0) is 50.9 Å². The van der Waals surface area contributed by atoms with E-state index < -0.39 is 18.0 Å². The van der Waals surface area contributed by atoms with Crippen molar-refractivity contribution in [3.8, 4) is 11.5 Å². The van der Waals surface area contributed by atoms with E-state index in [0.29, 0.717) is 48.0 Å². The SMILES string of the molecule is CCOC(=O)C1=C(CN2CCCC(C(=O)OCC)C2)NC(=O)NC1c1ccc(OC)c(OC)c1. The predicted octanol–water partition coefficient (Wildman–Crippen LogP) is 2.15. The molecule has 2 N–H and O–H groups in total. The Bertz CT molecular complexity index is 946. The van der Waals surface area contributed by atoms with Crippen LogP contribution in [0, 0.1) is 5.92 Å². The molecule has 0 aliphatic carbocycles. The van der Waals surface area contributed by atoms with Crippen LogP contribution in [0.1, 0.15) is 38.3 Å². The Morgan fingerprint density at radius 2 is 1.82 bits per heavy atom. The van der Waals surface area contributed by atoms with Crippen LogP contribution in [0.2, 0.25) is 0 Å². The van der Waals surface area contributed by atoms with Gasteiger partial charge < -0.3 is 29.6 Å². The summed E-state index contributed by atoms with van der Waals surface area (Å²) in [5.74, 6) is 0.0325. The number of nitrogens with one attached hydrogen (secondary N) is 2. The maximum absolute atomic E-state index is 13.1. The first-order valence-corrected chi connectivity index (χ1v) is 11.5. The zero-order valence-electron chi connectivity index (χ0n) is 20.1. The zero-order valence-corrected chi connectivity index (χ0v) is 20.1. The highest BCUT2D eigenvalue weighted by molar-refractivity contribution is 5.95. The highest BCUT2D eigenvalue weighted by atomic mass is 16.5. The van der Waals surface area contributed by atoms with E-state index in [4.69, 9.17) is 18.9 Å². The molecule has 2 aliphatic heterocycles. The maximum atomic E-state index is 13.1. The summed E-state index contributed by atoms with van der Waals surface area (Å²) in [5, 5.41) is 5.61. The van der Waals surface area contributed by atoms with Crippen molar-refractivity contribution in [3.05, 3.63) is 35.0 Å². The number of amides is 2. The van der Waals surface area contributed by atoms with Crippen LogP contribution in [0.5, 0.6) is 11.5 Å². The highest BCUT2D eigenvalue weighted by Crippen LogP contribution is 2.35. The lowest BCUT2D eigenvalue weighted by Gasteiger charge is -2.35. The van der Waals surface area contributed by atoms with Gasteiger partial charge in [0.25, 0.3) is 0 Å². The smallest absolute Gasteiger partial charge is 0.338 e. The van der Waals surface area contributed by atoms with Crippen molar-refractivity contribution in [2.75, 3.05) is 47.1 Å². The summed E-state index contributed by atoms with van der Waals surface area (Å²) in [5.41, 5.74) is 1.41. The Hall–Kier alpha value is -3.27. The first-order valence-electron chi connectivity index (χ1n) is 11.5. The van der Waals surface area contributed by atoms with Crippen LogP contribution in [-0.2, 0) is 19.1 Å². The number of rotatable bonds is 9. The molecule has 10 heteroatoms. The van der Waals surface area contributed by atoms with E-state index in [9.17, 15) is 14.4 Å². The molecular formula is C24H33N3O7. The molecule has 186 valence electrons. The molecule has 34 heavy (non-hydrogen) atoms. The molecule has 1 saturated heterocycles. The molecule has 2 amide bonds. The zero-order chi connectivity index (χ0) is 24.7. The summed E-state index contributed by atoms with van der Waals surface area (Å²) in [6.45, 7) is 5.56. The van der Waals surface area contributed by atoms with E-state index in [-0.39, 0.29) is 18.5 Å². The van der Waals surface area contributed by atoms with Gasteiger partial charge in [-0.3, -0.25) is 9.69 Å². The van der Waals surface area contributed by atoms with Gasteiger partial charge in [0.1, 0.15) is 0 Å². The van der Waals surface area contributed by atoms with Crippen molar-refractivity contribution in [2.24, 2.45) is 5.92 Å². The minimum atomic E-state index is -0.742. The molecular weight excluding hydrogens is 442 g/mol. The van der Waals surface area contributed by atoms with Crippen molar-refractivity contribution in [3.63, 3.8) is 0 Å². The van der Waals surface area contributed by atoms with Crippen molar-refractivity contribution in [1.82, 2.24) is 15.5 Å². The second kappa shape index (κ2) is 11.7.